The average Bonchev–Trinajstić information content (AvgIpc) is 2.55. The third kappa shape index (κ3) is 2.22. The van der Waals surface area contributed by atoms with Crippen LogP contribution >= 0.6 is 15.9 Å². The molecular formula is C14H11BrO3S. The molecule has 0 saturated carbocycles. The number of alkyl halides is 1. The van der Waals surface area contributed by atoms with Crippen LogP contribution in [0.3, 0.4) is 0 Å². The summed E-state index contributed by atoms with van der Waals surface area (Å²) in [4.78, 5) is 0.236. The van der Waals surface area contributed by atoms with Gasteiger partial charge in [0.05, 0.1) is 6.61 Å². The Morgan fingerprint density at radius 1 is 1.11 bits per heavy atom. The van der Waals surface area contributed by atoms with E-state index in [4.69, 9.17) is 4.18 Å². The number of hydrogen-bond acceptors (Lipinski definition) is 3. The lowest BCUT2D eigenvalue weighted by Crippen LogP contribution is -2.04. The van der Waals surface area contributed by atoms with Gasteiger partial charge >= 0.3 is 0 Å². The molecule has 0 spiro atoms. The van der Waals surface area contributed by atoms with Gasteiger partial charge < -0.3 is 0 Å². The van der Waals surface area contributed by atoms with E-state index in [1.165, 1.54) is 0 Å². The minimum absolute atomic E-state index is 0.0766. The van der Waals surface area contributed by atoms with E-state index in [0.717, 1.165) is 22.0 Å². The van der Waals surface area contributed by atoms with Crippen LogP contribution in [0.4, 0.5) is 0 Å². The second-order valence-electron chi connectivity index (χ2n) is 4.34. The van der Waals surface area contributed by atoms with Crippen LogP contribution in [0.25, 0.3) is 11.1 Å². The van der Waals surface area contributed by atoms with Gasteiger partial charge in [0.25, 0.3) is 10.1 Å². The van der Waals surface area contributed by atoms with Crippen molar-refractivity contribution < 1.29 is 12.6 Å². The largest absolute Gasteiger partial charge is 0.297 e. The van der Waals surface area contributed by atoms with Crippen molar-refractivity contribution >= 4 is 26.0 Å². The van der Waals surface area contributed by atoms with Gasteiger partial charge in [-0.3, -0.25) is 4.18 Å². The molecule has 1 heterocycles. The number of hydrogen-bond donors (Lipinski definition) is 0. The summed E-state index contributed by atoms with van der Waals surface area (Å²) in [6.07, 6.45) is 0. The maximum Gasteiger partial charge on any atom is 0.297 e. The Balaban J connectivity index is 2.30. The van der Waals surface area contributed by atoms with Crippen LogP contribution in [0.5, 0.6) is 0 Å². The van der Waals surface area contributed by atoms with Crippen molar-refractivity contribution in [2.45, 2.75) is 16.8 Å². The molecule has 0 fully saturated rings. The van der Waals surface area contributed by atoms with E-state index in [2.05, 4.69) is 15.9 Å². The van der Waals surface area contributed by atoms with Crippen molar-refractivity contribution in [1.29, 1.82) is 0 Å². The van der Waals surface area contributed by atoms with E-state index < -0.39 is 10.1 Å². The van der Waals surface area contributed by atoms with Crippen LogP contribution in [0.1, 0.15) is 11.1 Å². The molecule has 0 aliphatic carbocycles. The first kappa shape index (κ1) is 12.8. The molecule has 98 valence electrons. The topological polar surface area (TPSA) is 43.4 Å². The van der Waals surface area contributed by atoms with Crippen molar-refractivity contribution in [2.24, 2.45) is 0 Å². The molecule has 2 aromatic rings. The van der Waals surface area contributed by atoms with E-state index >= 15 is 0 Å². The van der Waals surface area contributed by atoms with Crippen LogP contribution < -0.4 is 0 Å². The smallest absolute Gasteiger partial charge is 0.262 e. The molecule has 0 unspecified atom stereocenters. The quantitative estimate of drug-likeness (QED) is 0.590. The van der Waals surface area contributed by atoms with E-state index in [0.29, 0.717) is 5.56 Å². The molecular weight excluding hydrogens is 328 g/mol. The van der Waals surface area contributed by atoms with Crippen LogP contribution in [-0.2, 0) is 26.2 Å². The van der Waals surface area contributed by atoms with E-state index in [9.17, 15) is 8.42 Å². The lowest BCUT2D eigenvalue weighted by molar-refractivity contribution is 0.310. The second-order valence-corrected chi connectivity index (χ2v) is 6.48. The maximum atomic E-state index is 12.1. The fraction of sp³-hybridized carbons (Fsp3) is 0.143. The van der Waals surface area contributed by atoms with Gasteiger partial charge in [-0.25, -0.2) is 0 Å². The van der Waals surface area contributed by atoms with Crippen LogP contribution in [0, 0.1) is 0 Å². The SMILES string of the molecule is O=S1(=O)OCc2cc(CBr)ccc2-c2ccccc21. The zero-order valence-corrected chi connectivity index (χ0v) is 12.4. The van der Waals surface area contributed by atoms with Crippen molar-refractivity contribution in [3.05, 3.63) is 53.6 Å². The number of fused-ring (bicyclic) bond motifs is 3. The summed E-state index contributed by atoms with van der Waals surface area (Å²) in [5, 5.41) is 0.731. The first-order chi connectivity index (χ1) is 9.12. The molecule has 0 saturated heterocycles. The Bertz CT molecular complexity index is 738. The average molecular weight is 339 g/mol. The van der Waals surface area contributed by atoms with Gasteiger partial charge in [0.2, 0.25) is 0 Å². The highest BCUT2D eigenvalue weighted by Crippen LogP contribution is 2.35. The normalized spacial score (nSPS) is 16.3. The van der Waals surface area contributed by atoms with Gasteiger partial charge in [-0.2, -0.15) is 8.42 Å². The van der Waals surface area contributed by atoms with Gasteiger partial charge in [-0.05, 0) is 22.8 Å². The Labute approximate surface area is 120 Å². The standard InChI is InChI=1S/C14H11BrO3S/c15-8-10-5-6-12-11(7-10)9-18-19(16,17)14-4-2-1-3-13(12)14/h1-7H,8-9H2. The highest BCUT2D eigenvalue weighted by molar-refractivity contribution is 9.08. The minimum Gasteiger partial charge on any atom is -0.262 e. The number of halogens is 1. The molecule has 0 radical (unpaired) electrons. The fourth-order valence-electron chi connectivity index (χ4n) is 2.22. The molecule has 0 aromatic heterocycles. The number of benzene rings is 2. The second kappa shape index (κ2) is 4.74. The third-order valence-electron chi connectivity index (χ3n) is 3.14. The van der Waals surface area contributed by atoms with Gasteiger partial charge in [0, 0.05) is 10.9 Å². The lowest BCUT2D eigenvalue weighted by Gasteiger charge is -2.08. The molecule has 3 rings (SSSR count). The Morgan fingerprint density at radius 3 is 2.68 bits per heavy atom. The van der Waals surface area contributed by atoms with Gasteiger partial charge in [-0.15, -0.1) is 0 Å². The summed E-state index contributed by atoms with van der Waals surface area (Å²) in [5.41, 5.74) is 3.61. The Hall–Kier alpha value is -1.17. The van der Waals surface area contributed by atoms with Crippen molar-refractivity contribution in [3.8, 4) is 11.1 Å². The Morgan fingerprint density at radius 2 is 1.89 bits per heavy atom. The highest BCUT2D eigenvalue weighted by Gasteiger charge is 2.25. The Kier molecular flexibility index (Phi) is 3.20. The minimum atomic E-state index is -3.68. The molecule has 0 amide bonds. The van der Waals surface area contributed by atoms with E-state index in [1.807, 2.05) is 30.3 Å². The van der Waals surface area contributed by atoms with Crippen LogP contribution in [0.2, 0.25) is 0 Å². The van der Waals surface area contributed by atoms with E-state index in [-0.39, 0.29) is 11.5 Å². The molecule has 19 heavy (non-hydrogen) atoms. The molecule has 1 aliphatic rings. The van der Waals surface area contributed by atoms with E-state index in [1.54, 1.807) is 12.1 Å². The van der Waals surface area contributed by atoms with Gasteiger partial charge in [-0.1, -0.05) is 52.3 Å². The third-order valence-corrected chi connectivity index (χ3v) is 5.11. The van der Waals surface area contributed by atoms with Crippen molar-refractivity contribution in [3.63, 3.8) is 0 Å². The summed E-state index contributed by atoms with van der Waals surface area (Å²) >= 11 is 3.40. The first-order valence-corrected chi connectivity index (χ1v) is 8.31. The lowest BCUT2D eigenvalue weighted by atomic mass is 9.98. The van der Waals surface area contributed by atoms with Crippen LogP contribution in [0.15, 0.2) is 47.4 Å². The van der Waals surface area contributed by atoms with Gasteiger partial charge in [0.15, 0.2) is 0 Å². The first-order valence-electron chi connectivity index (χ1n) is 5.78. The molecule has 0 N–H and O–H groups in total. The summed E-state index contributed by atoms with van der Waals surface area (Å²) < 4.78 is 29.3. The van der Waals surface area contributed by atoms with Gasteiger partial charge in [0.1, 0.15) is 4.90 Å². The highest BCUT2D eigenvalue weighted by atomic mass is 79.9. The molecule has 1 aliphatic heterocycles. The summed E-state index contributed by atoms with van der Waals surface area (Å²) in [5.74, 6) is 0. The molecule has 0 atom stereocenters. The maximum absolute atomic E-state index is 12.1. The summed E-state index contributed by atoms with van der Waals surface area (Å²) in [6, 6.07) is 12.9. The molecule has 2 aromatic carbocycles. The van der Waals surface area contributed by atoms with Crippen LogP contribution in [-0.4, -0.2) is 8.42 Å². The monoisotopic (exact) mass is 338 g/mol. The molecule has 0 bridgehead atoms. The predicted molar refractivity (Wildman–Crippen MR) is 76.5 cm³/mol. The summed E-state index contributed by atoms with van der Waals surface area (Å²) in [6.45, 7) is 0.0766. The molecule has 3 nitrogen and oxygen atoms in total. The van der Waals surface area contributed by atoms with Crippen molar-refractivity contribution in [1.82, 2.24) is 0 Å². The summed E-state index contributed by atoms with van der Waals surface area (Å²) in [7, 11) is -3.68. The predicted octanol–water partition coefficient (Wildman–Crippen LogP) is 3.47. The zero-order chi connectivity index (χ0) is 13.5. The zero-order valence-electron chi connectivity index (χ0n) is 9.97. The number of rotatable bonds is 1. The molecule has 5 heteroatoms. The fourth-order valence-corrected chi connectivity index (χ4v) is 3.67. The van der Waals surface area contributed by atoms with Crippen molar-refractivity contribution in [2.75, 3.05) is 0 Å².